The van der Waals surface area contributed by atoms with E-state index in [2.05, 4.69) is 67.8 Å². The molecule has 0 aromatic carbocycles. The first kappa shape index (κ1) is 41.3. The highest BCUT2D eigenvalue weighted by atomic mass is 16.3. The van der Waals surface area contributed by atoms with Crippen molar-refractivity contribution in [2.45, 2.75) is 180 Å². The van der Waals surface area contributed by atoms with Crippen LogP contribution in [-0.4, -0.2) is 46.1 Å². The van der Waals surface area contributed by atoms with E-state index in [-0.39, 0.29) is 12.5 Å². The molecule has 3 atom stereocenters. The molecule has 5 heteroatoms. The Morgan fingerprint density at radius 2 is 1.07 bits per heavy atom. The lowest BCUT2D eigenvalue weighted by molar-refractivity contribution is -0.124. The normalized spacial score (nSPS) is 14.4. The van der Waals surface area contributed by atoms with Crippen molar-refractivity contribution in [3.63, 3.8) is 0 Å². The second-order valence-corrected chi connectivity index (χ2v) is 12.1. The van der Waals surface area contributed by atoms with Crippen LogP contribution in [0.25, 0.3) is 0 Å². The van der Waals surface area contributed by atoms with Gasteiger partial charge in [0.2, 0.25) is 5.91 Å². The molecule has 0 heterocycles. The lowest BCUT2D eigenvalue weighted by Gasteiger charge is -2.26. The smallest absolute Gasteiger partial charge is 0.220 e. The lowest BCUT2D eigenvalue weighted by atomic mass is 10.0. The van der Waals surface area contributed by atoms with Crippen molar-refractivity contribution in [3.05, 3.63) is 48.6 Å². The van der Waals surface area contributed by atoms with E-state index in [0.29, 0.717) is 12.8 Å². The zero-order valence-electron chi connectivity index (χ0n) is 28.1. The van der Waals surface area contributed by atoms with E-state index < -0.39 is 18.2 Å². The molecule has 0 aliphatic carbocycles. The van der Waals surface area contributed by atoms with Gasteiger partial charge in [-0.2, -0.15) is 0 Å². The Morgan fingerprint density at radius 3 is 1.63 bits per heavy atom. The van der Waals surface area contributed by atoms with Gasteiger partial charge in [0.05, 0.1) is 18.8 Å². The molecule has 0 rings (SSSR count). The monoisotopic (exact) mass is 604 g/mol. The molecule has 5 nitrogen and oxygen atoms in total. The Bertz CT molecular complexity index is 715. The molecule has 1 amide bonds. The average Bonchev–Trinajstić information content (AvgIpc) is 3.01. The summed E-state index contributed by atoms with van der Waals surface area (Å²) >= 11 is 0. The summed E-state index contributed by atoms with van der Waals surface area (Å²) in [4.78, 5) is 12.3. The summed E-state index contributed by atoms with van der Waals surface area (Å²) in [5, 5.41) is 33.2. The first-order chi connectivity index (χ1) is 21.1. The van der Waals surface area contributed by atoms with Crippen molar-refractivity contribution >= 4 is 5.91 Å². The predicted octanol–water partition coefficient (Wildman–Crippen LogP) is 9.42. The molecule has 0 radical (unpaired) electrons. The summed E-state index contributed by atoms with van der Waals surface area (Å²) < 4.78 is 0. The zero-order valence-corrected chi connectivity index (χ0v) is 28.1. The highest BCUT2D eigenvalue weighted by molar-refractivity contribution is 5.76. The van der Waals surface area contributed by atoms with Crippen molar-refractivity contribution in [3.8, 4) is 0 Å². The van der Waals surface area contributed by atoms with E-state index >= 15 is 0 Å². The summed E-state index contributed by atoms with van der Waals surface area (Å²) in [6, 6.07) is -0.832. The number of carbonyl (C=O) groups is 1. The van der Waals surface area contributed by atoms with Crippen LogP contribution < -0.4 is 5.32 Å². The molecule has 0 fully saturated rings. The largest absolute Gasteiger partial charge is 0.394 e. The van der Waals surface area contributed by atoms with Gasteiger partial charge >= 0.3 is 0 Å². The Labute approximate surface area is 266 Å². The third-order valence-electron chi connectivity index (χ3n) is 7.89. The third kappa shape index (κ3) is 28.8. The van der Waals surface area contributed by atoms with Gasteiger partial charge in [-0.25, -0.2) is 0 Å². The lowest BCUT2D eigenvalue weighted by Crippen LogP contribution is -2.50. The molecular weight excluding hydrogens is 534 g/mol. The summed E-state index contributed by atoms with van der Waals surface area (Å²) in [6.45, 7) is 4.03. The first-order valence-corrected chi connectivity index (χ1v) is 17.9. The Kier molecular flexibility index (Phi) is 31.9. The Morgan fingerprint density at radius 1 is 0.581 bits per heavy atom. The van der Waals surface area contributed by atoms with E-state index in [1.54, 1.807) is 0 Å². The maximum absolute atomic E-state index is 12.3. The topological polar surface area (TPSA) is 89.8 Å². The molecule has 0 aromatic heterocycles. The van der Waals surface area contributed by atoms with Gasteiger partial charge in [-0.3, -0.25) is 4.79 Å². The number of allylic oxidation sites excluding steroid dienone is 8. The zero-order chi connectivity index (χ0) is 31.6. The molecule has 0 bridgehead atoms. The third-order valence-corrected chi connectivity index (χ3v) is 7.89. The molecule has 0 aliphatic heterocycles. The van der Waals surface area contributed by atoms with Crippen molar-refractivity contribution in [2.75, 3.05) is 6.61 Å². The van der Waals surface area contributed by atoms with Gasteiger partial charge in [-0.1, -0.05) is 133 Å². The van der Waals surface area contributed by atoms with Crippen LogP contribution in [0.1, 0.15) is 162 Å². The number of hydrogen-bond acceptors (Lipinski definition) is 4. The van der Waals surface area contributed by atoms with E-state index in [1.165, 1.54) is 83.5 Å². The summed E-state index contributed by atoms with van der Waals surface area (Å²) in [6.07, 6.45) is 40.6. The fraction of sp³-hybridized carbons (Fsp3) is 0.763. The maximum atomic E-state index is 12.3. The predicted molar refractivity (Wildman–Crippen MR) is 185 cm³/mol. The minimum atomic E-state index is -1.17. The number of hydrogen-bond donors (Lipinski definition) is 4. The van der Waals surface area contributed by atoms with Crippen LogP contribution in [0.15, 0.2) is 48.6 Å². The minimum absolute atomic E-state index is 0.168. The molecule has 0 saturated heterocycles. The van der Waals surface area contributed by atoms with Crippen molar-refractivity contribution in [2.24, 2.45) is 0 Å². The van der Waals surface area contributed by atoms with Gasteiger partial charge in [0, 0.05) is 6.42 Å². The standard InChI is InChI=1S/C38H69NO4/c1-3-5-7-9-11-13-15-16-17-18-19-20-21-22-23-25-27-29-31-33-37(42)39-35(34-40)38(43)36(41)32-30-28-26-24-14-12-10-8-6-4-2/h8,10-11,13,15-16,24,26,35-36,38,40-41,43H,3-7,9,12,14,17-23,25,27-34H2,1-2H3,(H,39,42)/b10-8+,13-11-,16-15-,26-24+. The van der Waals surface area contributed by atoms with Crippen LogP contribution in [0.5, 0.6) is 0 Å². The van der Waals surface area contributed by atoms with E-state index in [4.69, 9.17) is 0 Å². The van der Waals surface area contributed by atoms with E-state index in [0.717, 1.165) is 51.4 Å². The SMILES string of the molecule is CCC/C=C/CC/C=C/CCCC(O)C(O)C(CO)NC(=O)CCCCCCCCCCCC/C=C\C=C/CCCCC. The first-order valence-electron chi connectivity index (χ1n) is 17.9. The molecule has 250 valence electrons. The Balaban J connectivity index is 3.73. The van der Waals surface area contributed by atoms with Crippen LogP contribution in [0, 0.1) is 0 Å². The maximum Gasteiger partial charge on any atom is 0.220 e. The van der Waals surface area contributed by atoms with Gasteiger partial charge < -0.3 is 20.6 Å². The van der Waals surface area contributed by atoms with Crippen molar-refractivity contribution in [1.82, 2.24) is 5.32 Å². The number of nitrogens with one attached hydrogen (secondary N) is 1. The second-order valence-electron chi connectivity index (χ2n) is 12.1. The highest BCUT2D eigenvalue weighted by Crippen LogP contribution is 2.13. The number of amides is 1. The fourth-order valence-electron chi connectivity index (χ4n) is 5.06. The van der Waals surface area contributed by atoms with Gasteiger partial charge in [-0.15, -0.1) is 0 Å². The number of carbonyl (C=O) groups excluding carboxylic acids is 1. The van der Waals surface area contributed by atoms with Gasteiger partial charge in [0.1, 0.15) is 6.10 Å². The van der Waals surface area contributed by atoms with Crippen LogP contribution >= 0.6 is 0 Å². The molecule has 3 unspecified atom stereocenters. The Hall–Kier alpha value is -1.69. The minimum Gasteiger partial charge on any atom is -0.394 e. The summed E-state index contributed by atoms with van der Waals surface area (Å²) in [5.41, 5.74) is 0. The van der Waals surface area contributed by atoms with Gasteiger partial charge in [0.15, 0.2) is 0 Å². The van der Waals surface area contributed by atoms with Gasteiger partial charge in [0.25, 0.3) is 0 Å². The van der Waals surface area contributed by atoms with Gasteiger partial charge in [-0.05, 0) is 70.6 Å². The van der Waals surface area contributed by atoms with Crippen LogP contribution in [0.3, 0.4) is 0 Å². The average molecular weight is 604 g/mol. The number of aliphatic hydroxyl groups excluding tert-OH is 3. The van der Waals surface area contributed by atoms with Crippen LogP contribution in [0.2, 0.25) is 0 Å². The quantitative estimate of drug-likeness (QED) is 0.0361. The van der Waals surface area contributed by atoms with Crippen LogP contribution in [0.4, 0.5) is 0 Å². The van der Waals surface area contributed by atoms with E-state index in [9.17, 15) is 20.1 Å². The molecule has 4 N–H and O–H groups in total. The second kappa shape index (κ2) is 33.2. The molecule has 0 aromatic rings. The molecule has 43 heavy (non-hydrogen) atoms. The van der Waals surface area contributed by atoms with Crippen molar-refractivity contribution < 1.29 is 20.1 Å². The summed E-state index contributed by atoms with van der Waals surface area (Å²) in [7, 11) is 0. The van der Waals surface area contributed by atoms with E-state index in [1.807, 2.05) is 0 Å². The molecule has 0 aliphatic rings. The number of rotatable bonds is 31. The molecule has 0 spiro atoms. The van der Waals surface area contributed by atoms with Crippen molar-refractivity contribution in [1.29, 1.82) is 0 Å². The highest BCUT2D eigenvalue weighted by Gasteiger charge is 2.26. The number of aliphatic hydroxyl groups is 3. The molecule has 0 saturated carbocycles. The number of unbranched alkanes of at least 4 members (excludes halogenated alkanes) is 16. The summed E-state index contributed by atoms with van der Waals surface area (Å²) in [5.74, 6) is -0.168. The van der Waals surface area contributed by atoms with Crippen LogP contribution in [-0.2, 0) is 4.79 Å². The fourth-order valence-corrected chi connectivity index (χ4v) is 5.06. The molecular formula is C38H69NO4.